The van der Waals surface area contributed by atoms with E-state index in [9.17, 15) is 19.5 Å². The first-order chi connectivity index (χ1) is 21.5. The Balaban J connectivity index is 1.60. The van der Waals surface area contributed by atoms with Crippen molar-refractivity contribution in [2.45, 2.75) is 84.7 Å². The molecular formula is C32H38FN5O8. The van der Waals surface area contributed by atoms with Crippen LogP contribution in [0.5, 0.6) is 5.88 Å². The van der Waals surface area contributed by atoms with Crippen molar-refractivity contribution >= 4 is 46.2 Å². The van der Waals surface area contributed by atoms with Gasteiger partial charge in [0.1, 0.15) is 35.4 Å². The van der Waals surface area contributed by atoms with Crippen molar-refractivity contribution < 1.29 is 42.8 Å². The number of aliphatic hydroxyl groups is 1. The molecule has 2 unspecified atom stereocenters. The summed E-state index contributed by atoms with van der Waals surface area (Å²) in [6, 6.07) is 3.02. The summed E-state index contributed by atoms with van der Waals surface area (Å²) in [6.45, 7) is 12.4. The highest BCUT2D eigenvalue weighted by Crippen LogP contribution is 2.42. The van der Waals surface area contributed by atoms with Gasteiger partial charge in [-0.15, -0.1) is 0 Å². The van der Waals surface area contributed by atoms with Crippen LogP contribution in [0.4, 0.5) is 36.0 Å². The third-order valence-electron chi connectivity index (χ3n) is 7.25. The molecule has 2 atom stereocenters. The van der Waals surface area contributed by atoms with Crippen LogP contribution in [-0.2, 0) is 14.2 Å². The van der Waals surface area contributed by atoms with Crippen molar-refractivity contribution in [3.63, 3.8) is 0 Å². The maximum atomic E-state index is 16.5. The van der Waals surface area contributed by atoms with Crippen LogP contribution in [0, 0.1) is 12.7 Å². The fourth-order valence-corrected chi connectivity index (χ4v) is 5.03. The van der Waals surface area contributed by atoms with E-state index in [1.54, 1.807) is 48.5 Å². The summed E-state index contributed by atoms with van der Waals surface area (Å²) in [5.74, 6) is -0.515. The number of benzene rings is 1. The van der Waals surface area contributed by atoms with Crippen LogP contribution in [0.3, 0.4) is 0 Å². The second-order valence-electron chi connectivity index (χ2n) is 13.2. The highest BCUT2D eigenvalue weighted by molar-refractivity contribution is 6.05. The van der Waals surface area contributed by atoms with Gasteiger partial charge in [0.2, 0.25) is 5.88 Å². The predicted molar refractivity (Wildman–Crippen MR) is 168 cm³/mol. The Kier molecular flexibility index (Phi) is 8.69. The van der Waals surface area contributed by atoms with Crippen LogP contribution in [0.2, 0.25) is 0 Å². The average molecular weight is 640 g/mol. The summed E-state index contributed by atoms with van der Waals surface area (Å²) in [6.07, 6.45) is 0.213. The molecule has 0 bridgehead atoms. The Morgan fingerprint density at radius 3 is 2.33 bits per heavy atom. The zero-order chi connectivity index (χ0) is 33.6. The molecule has 1 fully saturated rings. The molecule has 2 aromatic heterocycles. The summed E-state index contributed by atoms with van der Waals surface area (Å²) in [4.78, 5) is 48.5. The highest BCUT2D eigenvalue weighted by Gasteiger charge is 2.34. The van der Waals surface area contributed by atoms with Crippen molar-refractivity contribution in [1.82, 2.24) is 9.97 Å². The molecule has 1 aliphatic heterocycles. The van der Waals surface area contributed by atoms with Gasteiger partial charge in [-0.25, -0.2) is 28.7 Å². The average Bonchev–Trinajstić information content (AvgIpc) is 2.94. The summed E-state index contributed by atoms with van der Waals surface area (Å²) in [5, 5.41) is 15.4. The molecule has 246 valence electrons. The Labute approximate surface area is 265 Å². The largest absolute Gasteiger partial charge is 0.474 e. The highest BCUT2D eigenvalue weighted by atomic mass is 19.1. The molecule has 0 radical (unpaired) electrons. The predicted octanol–water partition coefficient (Wildman–Crippen LogP) is 6.30. The molecule has 14 heteroatoms. The minimum atomic E-state index is -0.889. The summed E-state index contributed by atoms with van der Waals surface area (Å²) in [7, 11) is 0. The lowest BCUT2D eigenvalue weighted by Gasteiger charge is -2.32. The summed E-state index contributed by atoms with van der Waals surface area (Å²) in [5.41, 5.74) is -0.664. The van der Waals surface area contributed by atoms with E-state index in [0.717, 1.165) is 0 Å². The summed E-state index contributed by atoms with van der Waals surface area (Å²) < 4.78 is 38.5. The number of carbonyl (C=O) groups excluding carboxylic acids is 3. The topological polar surface area (TPSA) is 161 Å². The molecule has 0 saturated heterocycles. The number of nitrogens with one attached hydrogen (secondary N) is 2. The Hall–Kier alpha value is -4.72. The fourth-order valence-electron chi connectivity index (χ4n) is 5.03. The maximum absolute atomic E-state index is 16.5. The first kappa shape index (κ1) is 32.7. The number of rotatable bonds is 4. The minimum Gasteiger partial charge on any atom is -0.474 e. The maximum Gasteiger partial charge on any atom is 0.415 e. The number of nitrogens with zero attached hydrogens (tertiary/aromatic N) is 3. The third-order valence-corrected chi connectivity index (χ3v) is 7.25. The molecule has 5 rings (SSSR count). The number of fused-ring (bicyclic) bond motifs is 2. The van der Waals surface area contributed by atoms with Gasteiger partial charge in [0.05, 0.1) is 18.3 Å². The zero-order valence-electron chi connectivity index (χ0n) is 26.8. The number of anilines is 3. The third kappa shape index (κ3) is 7.06. The van der Waals surface area contributed by atoms with Crippen LogP contribution in [0.25, 0.3) is 21.9 Å². The number of hydrogen-bond acceptors (Lipinski definition) is 10. The van der Waals surface area contributed by atoms with Crippen LogP contribution in [0.1, 0.15) is 59.9 Å². The lowest BCUT2D eigenvalue weighted by atomic mass is 9.92. The van der Waals surface area contributed by atoms with Gasteiger partial charge in [-0.3, -0.25) is 15.5 Å². The molecule has 13 nitrogen and oxygen atoms in total. The Morgan fingerprint density at radius 2 is 1.70 bits per heavy atom. The molecule has 3 heterocycles. The van der Waals surface area contributed by atoms with Crippen molar-refractivity contribution in [1.29, 1.82) is 0 Å². The number of amides is 3. The molecular weight excluding hydrogens is 601 g/mol. The number of aliphatic hydroxyl groups excluding tert-OH is 1. The molecule has 0 spiro atoms. The van der Waals surface area contributed by atoms with Gasteiger partial charge < -0.3 is 24.1 Å². The second kappa shape index (κ2) is 12.2. The molecule has 1 aromatic carbocycles. The molecule has 1 aliphatic carbocycles. The Bertz CT molecular complexity index is 1700. The van der Waals surface area contributed by atoms with Crippen molar-refractivity contribution in [3.05, 3.63) is 35.9 Å². The van der Waals surface area contributed by atoms with E-state index in [1.165, 1.54) is 29.4 Å². The number of aromatic nitrogens is 2. The molecule has 3 N–H and O–H groups in total. The van der Waals surface area contributed by atoms with Crippen molar-refractivity contribution in [2.24, 2.45) is 0 Å². The number of halogens is 1. The fraction of sp³-hybridized carbons (Fsp3) is 0.469. The molecule has 3 amide bonds. The smallest absolute Gasteiger partial charge is 0.415 e. The lowest BCUT2D eigenvalue weighted by Crippen LogP contribution is -2.42. The Morgan fingerprint density at radius 1 is 0.978 bits per heavy atom. The van der Waals surface area contributed by atoms with Crippen LogP contribution < -0.4 is 20.3 Å². The molecule has 1 saturated carbocycles. The van der Waals surface area contributed by atoms with Gasteiger partial charge in [-0.1, -0.05) is 0 Å². The van der Waals surface area contributed by atoms with E-state index < -0.39 is 47.5 Å². The first-order valence-electron chi connectivity index (χ1n) is 14.9. The van der Waals surface area contributed by atoms with E-state index in [0.29, 0.717) is 35.0 Å². The number of pyridine rings is 2. The van der Waals surface area contributed by atoms with Gasteiger partial charge in [0.15, 0.2) is 5.82 Å². The van der Waals surface area contributed by atoms with E-state index in [4.69, 9.17) is 18.9 Å². The standard InChI is InChI=1S/C32H38FN5O8/c1-16-19(14-35-27-26(16)38(10-11-43-27)30(42)46-32(5,6)7)18-12-17-13-23(36-28(40)44-22-9-8-21(22)39)34-15-20(17)25(24(18)33)37-29(41)45-31(2,3)4/h12-15,21-22,39H,8-11H2,1-7H3,(H,37,41)(H,34,36,40). The van der Waals surface area contributed by atoms with Crippen molar-refractivity contribution in [3.8, 4) is 17.0 Å². The van der Waals surface area contributed by atoms with Gasteiger partial charge in [-0.05, 0) is 84.4 Å². The lowest BCUT2D eigenvalue weighted by molar-refractivity contribution is -0.0561. The van der Waals surface area contributed by atoms with Crippen LogP contribution >= 0.6 is 0 Å². The van der Waals surface area contributed by atoms with E-state index in [-0.39, 0.29) is 41.5 Å². The van der Waals surface area contributed by atoms with Crippen LogP contribution in [0.15, 0.2) is 24.5 Å². The van der Waals surface area contributed by atoms with Crippen LogP contribution in [-0.4, -0.2) is 69.9 Å². The van der Waals surface area contributed by atoms with E-state index in [2.05, 4.69) is 20.6 Å². The van der Waals surface area contributed by atoms with Gasteiger partial charge in [0.25, 0.3) is 0 Å². The van der Waals surface area contributed by atoms with Gasteiger partial charge in [0, 0.05) is 28.9 Å². The van der Waals surface area contributed by atoms with E-state index >= 15 is 4.39 Å². The number of hydrogen-bond donors (Lipinski definition) is 3. The number of ether oxygens (including phenoxy) is 4. The van der Waals surface area contributed by atoms with Crippen molar-refractivity contribution in [2.75, 3.05) is 28.7 Å². The van der Waals surface area contributed by atoms with Gasteiger partial charge >= 0.3 is 18.3 Å². The quantitative estimate of drug-likeness (QED) is 0.276. The second-order valence-corrected chi connectivity index (χ2v) is 13.2. The molecule has 46 heavy (non-hydrogen) atoms. The first-order valence-corrected chi connectivity index (χ1v) is 14.9. The number of carbonyl (C=O) groups is 3. The van der Waals surface area contributed by atoms with Gasteiger partial charge in [-0.2, -0.15) is 0 Å². The zero-order valence-corrected chi connectivity index (χ0v) is 26.8. The summed E-state index contributed by atoms with van der Waals surface area (Å²) >= 11 is 0. The minimum absolute atomic E-state index is 0.0402. The molecule has 2 aliphatic rings. The normalized spacial score (nSPS) is 17.7. The molecule has 3 aromatic rings. The SMILES string of the molecule is Cc1c(-c2cc3cc(NC(=O)OC4CCC4O)ncc3c(NC(=O)OC(C)(C)C)c2F)cnc2c1N(C(=O)OC(C)(C)C)CCO2. The van der Waals surface area contributed by atoms with E-state index in [1.807, 2.05) is 0 Å². The monoisotopic (exact) mass is 639 g/mol.